The molecule has 6 nitrogen and oxygen atoms in total. The molecule has 3 aromatic rings. The Balaban J connectivity index is 1.84. The maximum absolute atomic E-state index is 13.7. The average molecular weight is 463 g/mol. The van der Waals surface area contributed by atoms with Crippen LogP contribution in [-0.2, 0) is 9.59 Å². The number of anilines is 2. The van der Waals surface area contributed by atoms with Crippen molar-refractivity contribution in [1.82, 2.24) is 0 Å². The molecule has 0 atom stereocenters. The topological polar surface area (TPSA) is 67.9 Å². The zero-order valence-corrected chi connectivity index (χ0v) is 19.2. The van der Waals surface area contributed by atoms with Crippen molar-refractivity contribution in [1.29, 1.82) is 0 Å². The van der Waals surface area contributed by atoms with E-state index in [0.717, 1.165) is 4.90 Å². The lowest BCUT2D eigenvalue weighted by molar-refractivity contribution is -0.120. The summed E-state index contributed by atoms with van der Waals surface area (Å²) in [5.41, 5.74) is 1.85. The summed E-state index contributed by atoms with van der Waals surface area (Å²) < 4.78 is 11.3. The predicted octanol–water partition coefficient (Wildman–Crippen LogP) is 5.53. The van der Waals surface area contributed by atoms with Gasteiger partial charge in [-0.25, -0.2) is 4.90 Å². The number of methoxy groups -OCH3 is 1. The largest absolute Gasteiger partial charge is 0.495 e. The monoisotopic (exact) mass is 462 g/mol. The fraction of sp³-hybridized carbons (Fsp3) is 0.154. The maximum Gasteiger partial charge on any atom is 0.282 e. The number of nitrogens with zero attached hydrogens (tertiary/aromatic N) is 1. The van der Waals surface area contributed by atoms with Crippen molar-refractivity contribution >= 4 is 40.4 Å². The molecule has 0 radical (unpaired) electrons. The smallest absolute Gasteiger partial charge is 0.282 e. The Morgan fingerprint density at radius 2 is 1.58 bits per heavy atom. The molecule has 4 rings (SSSR count). The number of para-hydroxylation sites is 2. The number of halogens is 1. The van der Waals surface area contributed by atoms with Crippen LogP contribution in [0.1, 0.15) is 19.4 Å². The summed E-state index contributed by atoms with van der Waals surface area (Å²) in [6.07, 6.45) is -0.131. The first-order valence-electron chi connectivity index (χ1n) is 10.5. The van der Waals surface area contributed by atoms with E-state index in [1.165, 1.54) is 7.11 Å². The lowest BCUT2D eigenvalue weighted by Crippen LogP contribution is -2.33. The molecule has 0 aromatic heterocycles. The summed E-state index contributed by atoms with van der Waals surface area (Å²) in [4.78, 5) is 28.5. The molecule has 33 heavy (non-hydrogen) atoms. The minimum Gasteiger partial charge on any atom is -0.495 e. The van der Waals surface area contributed by atoms with Gasteiger partial charge in [0.1, 0.15) is 17.2 Å². The molecule has 7 heteroatoms. The second-order valence-electron chi connectivity index (χ2n) is 7.67. The van der Waals surface area contributed by atoms with Gasteiger partial charge in [0.05, 0.1) is 30.2 Å². The van der Waals surface area contributed by atoms with E-state index in [2.05, 4.69) is 5.32 Å². The molecule has 1 aliphatic rings. The Morgan fingerprint density at radius 1 is 0.879 bits per heavy atom. The number of hydrogen-bond acceptors (Lipinski definition) is 5. The van der Waals surface area contributed by atoms with E-state index in [1.807, 2.05) is 32.0 Å². The Hall–Kier alpha value is -3.77. The number of carbonyl (C=O) groups excluding carboxylic acids is 2. The van der Waals surface area contributed by atoms with Crippen LogP contribution in [0.15, 0.2) is 78.5 Å². The Kier molecular flexibility index (Phi) is 6.38. The number of nitrogens with one attached hydrogen (secondary N) is 1. The minimum atomic E-state index is -0.499. The van der Waals surface area contributed by atoms with Gasteiger partial charge in [0.15, 0.2) is 0 Å². The number of amides is 2. The van der Waals surface area contributed by atoms with Crippen LogP contribution in [0, 0.1) is 0 Å². The number of rotatable bonds is 7. The van der Waals surface area contributed by atoms with Gasteiger partial charge < -0.3 is 14.8 Å². The molecule has 2 amide bonds. The summed E-state index contributed by atoms with van der Waals surface area (Å²) in [6.45, 7) is 3.77. The van der Waals surface area contributed by atoms with Gasteiger partial charge in [-0.2, -0.15) is 0 Å². The maximum atomic E-state index is 13.7. The lowest BCUT2D eigenvalue weighted by atomic mass is 10.0. The highest BCUT2D eigenvalue weighted by Gasteiger charge is 2.41. The van der Waals surface area contributed by atoms with Crippen LogP contribution in [0.5, 0.6) is 11.5 Å². The SMILES string of the molecule is COc1ccc(Cl)cc1NC1=C(c2ccccc2)C(=O)N(c2ccccc2OC(C)C)C1=O. The molecule has 3 aromatic carbocycles. The van der Waals surface area contributed by atoms with E-state index in [4.69, 9.17) is 21.1 Å². The second-order valence-corrected chi connectivity index (χ2v) is 8.10. The highest BCUT2D eigenvalue weighted by molar-refractivity contribution is 6.46. The first-order chi connectivity index (χ1) is 15.9. The summed E-state index contributed by atoms with van der Waals surface area (Å²) in [6, 6.07) is 21.1. The minimum absolute atomic E-state index is 0.131. The van der Waals surface area contributed by atoms with Crippen LogP contribution in [0.3, 0.4) is 0 Å². The summed E-state index contributed by atoms with van der Waals surface area (Å²) in [7, 11) is 1.52. The molecule has 0 aliphatic carbocycles. The van der Waals surface area contributed by atoms with Crippen molar-refractivity contribution < 1.29 is 19.1 Å². The van der Waals surface area contributed by atoms with Crippen LogP contribution in [-0.4, -0.2) is 25.0 Å². The van der Waals surface area contributed by atoms with Gasteiger partial charge in [-0.1, -0.05) is 54.1 Å². The highest BCUT2D eigenvalue weighted by Crippen LogP contribution is 2.39. The van der Waals surface area contributed by atoms with Crippen molar-refractivity contribution in [3.63, 3.8) is 0 Å². The molecule has 1 heterocycles. The number of ether oxygens (including phenoxy) is 2. The van der Waals surface area contributed by atoms with Gasteiger partial charge in [-0.05, 0) is 49.7 Å². The third kappa shape index (κ3) is 4.43. The molecule has 0 bridgehead atoms. The van der Waals surface area contributed by atoms with Crippen molar-refractivity contribution in [2.45, 2.75) is 20.0 Å². The van der Waals surface area contributed by atoms with Crippen LogP contribution >= 0.6 is 11.6 Å². The zero-order valence-electron chi connectivity index (χ0n) is 18.5. The molecular weight excluding hydrogens is 440 g/mol. The van der Waals surface area contributed by atoms with Gasteiger partial charge in [0, 0.05) is 5.02 Å². The van der Waals surface area contributed by atoms with Crippen LogP contribution < -0.4 is 19.7 Å². The van der Waals surface area contributed by atoms with E-state index in [1.54, 1.807) is 54.6 Å². The van der Waals surface area contributed by atoms with E-state index >= 15 is 0 Å². The van der Waals surface area contributed by atoms with E-state index in [0.29, 0.717) is 33.5 Å². The molecular formula is C26H23ClN2O4. The standard InChI is InChI=1S/C26H23ClN2O4/c1-16(2)33-22-12-8-7-11-20(22)29-25(30)23(17-9-5-4-6-10-17)24(26(29)31)28-19-15-18(27)13-14-21(19)32-3/h4-16,28H,1-3H3. The third-order valence-corrected chi connectivity index (χ3v) is 5.27. The van der Waals surface area contributed by atoms with Gasteiger partial charge in [0.25, 0.3) is 11.8 Å². The number of carbonyl (C=O) groups is 2. The summed E-state index contributed by atoms with van der Waals surface area (Å²) in [5.74, 6) is -0.0139. The van der Waals surface area contributed by atoms with Crippen molar-refractivity contribution in [3.05, 3.63) is 89.1 Å². The van der Waals surface area contributed by atoms with E-state index in [9.17, 15) is 9.59 Å². The quantitative estimate of drug-likeness (QED) is 0.467. The normalized spacial score (nSPS) is 13.7. The Morgan fingerprint density at radius 3 is 2.27 bits per heavy atom. The fourth-order valence-corrected chi connectivity index (χ4v) is 3.82. The number of benzene rings is 3. The molecule has 0 saturated heterocycles. The lowest BCUT2D eigenvalue weighted by Gasteiger charge is -2.20. The number of hydrogen-bond donors (Lipinski definition) is 1. The first kappa shape index (κ1) is 22.4. The third-order valence-electron chi connectivity index (χ3n) is 5.04. The Labute approximate surface area is 197 Å². The molecule has 1 aliphatic heterocycles. The highest BCUT2D eigenvalue weighted by atomic mass is 35.5. The van der Waals surface area contributed by atoms with Crippen molar-refractivity contribution in [2.75, 3.05) is 17.3 Å². The average Bonchev–Trinajstić information content (AvgIpc) is 3.04. The fourth-order valence-electron chi connectivity index (χ4n) is 3.65. The van der Waals surface area contributed by atoms with Crippen molar-refractivity contribution in [3.8, 4) is 11.5 Å². The Bertz CT molecular complexity index is 1240. The number of imide groups is 1. The second kappa shape index (κ2) is 9.38. The van der Waals surface area contributed by atoms with Crippen LogP contribution in [0.2, 0.25) is 5.02 Å². The van der Waals surface area contributed by atoms with Crippen molar-refractivity contribution in [2.24, 2.45) is 0 Å². The van der Waals surface area contributed by atoms with Gasteiger partial charge in [-0.3, -0.25) is 9.59 Å². The van der Waals surface area contributed by atoms with Gasteiger partial charge in [0.2, 0.25) is 0 Å². The predicted molar refractivity (Wildman–Crippen MR) is 130 cm³/mol. The zero-order chi connectivity index (χ0) is 23.5. The van der Waals surface area contributed by atoms with E-state index in [-0.39, 0.29) is 17.4 Å². The molecule has 0 spiro atoms. The first-order valence-corrected chi connectivity index (χ1v) is 10.8. The molecule has 0 saturated carbocycles. The van der Waals surface area contributed by atoms with Gasteiger partial charge >= 0.3 is 0 Å². The van der Waals surface area contributed by atoms with Gasteiger partial charge in [-0.15, -0.1) is 0 Å². The summed E-state index contributed by atoms with van der Waals surface area (Å²) in [5, 5.41) is 3.57. The van der Waals surface area contributed by atoms with E-state index < -0.39 is 11.8 Å². The molecule has 0 fully saturated rings. The molecule has 1 N–H and O–H groups in total. The van der Waals surface area contributed by atoms with Crippen LogP contribution in [0.4, 0.5) is 11.4 Å². The summed E-state index contributed by atoms with van der Waals surface area (Å²) >= 11 is 6.18. The molecule has 168 valence electrons. The van der Waals surface area contributed by atoms with Crippen LogP contribution in [0.25, 0.3) is 5.57 Å². The molecule has 0 unspecified atom stereocenters.